The van der Waals surface area contributed by atoms with Crippen LogP contribution in [0.3, 0.4) is 0 Å². The zero-order valence-electron chi connectivity index (χ0n) is 3.87. The fourth-order valence-corrected chi connectivity index (χ4v) is 1.35. The van der Waals surface area contributed by atoms with E-state index in [1.54, 1.807) is 4.97 Å². The molecule has 0 saturated heterocycles. The first-order valence-electron chi connectivity index (χ1n) is 1.91. The van der Waals surface area contributed by atoms with Gasteiger partial charge in [-0.2, -0.15) is 0 Å². The third kappa shape index (κ3) is 1.01. The molecule has 1 aliphatic rings. The van der Waals surface area contributed by atoms with Crippen molar-refractivity contribution >= 4 is 21.3 Å². The van der Waals surface area contributed by atoms with Crippen LogP contribution in [0.4, 0.5) is 4.79 Å². The van der Waals surface area contributed by atoms with Crippen LogP contribution in [0.25, 0.3) is 0 Å². The first kappa shape index (κ1) is 5.62. The van der Waals surface area contributed by atoms with Gasteiger partial charge in [-0.15, -0.1) is 0 Å². The molecule has 0 aromatic heterocycles. The van der Waals surface area contributed by atoms with Crippen molar-refractivity contribution in [1.29, 1.82) is 0 Å². The fraction of sp³-hybridized carbons (Fsp3) is 0. The van der Waals surface area contributed by atoms with Gasteiger partial charge in [-0.25, -0.2) is 0 Å². The Hall–Kier alpha value is -0.511. The Labute approximate surface area is 52.5 Å². The molecule has 0 spiro atoms. The van der Waals surface area contributed by atoms with Crippen LogP contribution in [0.2, 0.25) is 0 Å². The van der Waals surface area contributed by atoms with Crippen molar-refractivity contribution in [1.82, 2.24) is 9.45 Å². The van der Waals surface area contributed by atoms with Gasteiger partial charge in [0.05, 0.1) is 0 Å². The summed E-state index contributed by atoms with van der Waals surface area (Å²) in [4.78, 5) is 11.8. The summed E-state index contributed by atoms with van der Waals surface area (Å²) in [6, 6.07) is 0. The molecule has 1 amide bonds. The van der Waals surface area contributed by atoms with Crippen molar-refractivity contribution in [2.24, 2.45) is 0 Å². The zero-order chi connectivity index (χ0) is 5.98. The summed E-state index contributed by atoms with van der Waals surface area (Å²) in [5, 5.41) is 9.28. The monoisotopic (exact) mass is 180 g/mol. The van der Waals surface area contributed by atoms with E-state index < -0.39 is 6.09 Å². The number of hydrazine groups is 1. The number of carbonyl (C=O) groups is 1. The number of hydrogen-bond acceptors (Lipinski definition) is 2. The minimum absolute atomic E-state index is 0.137. The number of carboxylic acid groups (broad SMARTS) is 1. The second-order valence-corrected chi connectivity index (χ2v) is 2.60. The molecule has 0 unspecified atom stereocenters. The van der Waals surface area contributed by atoms with Gasteiger partial charge in [0.15, 0.2) is 0 Å². The van der Waals surface area contributed by atoms with Gasteiger partial charge in [-0.3, -0.25) is 0 Å². The molecule has 0 aromatic carbocycles. The average molecular weight is 179 g/mol. The molecular formula is C3H4N2O2Se. The van der Waals surface area contributed by atoms with Gasteiger partial charge in [0.25, 0.3) is 0 Å². The summed E-state index contributed by atoms with van der Waals surface area (Å²) in [7, 11) is 0. The Bertz CT molecular complexity index is 135. The first-order chi connectivity index (χ1) is 3.80. The fourth-order valence-electron chi connectivity index (χ4n) is 0.312. The van der Waals surface area contributed by atoms with E-state index in [1.807, 2.05) is 0 Å². The SMILES string of the molecule is O=C(O)N1C=C[Se]N1. The normalized spacial score (nSPS) is 17.2. The summed E-state index contributed by atoms with van der Waals surface area (Å²) < 4.78 is 2.64. The molecular weight excluding hydrogens is 175 g/mol. The Morgan fingerprint density at radius 1 is 1.88 bits per heavy atom. The Kier molecular flexibility index (Phi) is 1.53. The van der Waals surface area contributed by atoms with E-state index in [1.165, 1.54) is 6.20 Å². The van der Waals surface area contributed by atoms with Crippen LogP contribution in [0.5, 0.6) is 0 Å². The van der Waals surface area contributed by atoms with E-state index in [4.69, 9.17) is 5.11 Å². The second kappa shape index (κ2) is 2.17. The molecule has 0 atom stereocenters. The molecule has 2 N–H and O–H groups in total. The van der Waals surface area contributed by atoms with Crippen molar-refractivity contribution < 1.29 is 9.90 Å². The molecule has 0 radical (unpaired) electrons. The van der Waals surface area contributed by atoms with Crippen molar-refractivity contribution in [2.45, 2.75) is 0 Å². The molecule has 4 nitrogen and oxygen atoms in total. The summed E-state index contributed by atoms with van der Waals surface area (Å²) in [5.41, 5.74) is 0. The number of nitrogens with one attached hydrogen (secondary N) is 1. The van der Waals surface area contributed by atoms with Crippen LogP contribution in [0, 0.1) is 0 Å². The first-order valence-corrected chi connectivity index (χ1v) is 3.75. The van der Waals surface area contributed by atoms with Gasteiger partial charge >= 0.3 is 51.8 Å². The molecule has 0 aliphatic carbocycles. The molecule has 1 heterocycles. The third-order valence-corrected chi connectivity index (χ3v) is 1.81. The molecule has 8 heavy (non-hydrogen) atoms. The number of rotatable bonds is 0. The molecule has 44 valence electrons. The third-order valence-electron chi connectivity index (χ3n) is 0.635. The summed E-state index contributed by atoms with van der Waals surface area (Å²) in [6.45, 7) is 0. The molecule has 5 heteroatoms. The van der Waals surface area contributed by atoms with Crippen LogP contribution >= 0.6 is 0 Å². The van der Waals surface area contributed by atoms with Crippen molar-refractivity contribution in [2.75, 3.05) is 0 Å². The minimum atomic E-state index is -0.958. The predicted molar refractivity (Wildman–Crippen MR) is 27.9 cm³/mol. The Morgan fingerprint density at radius 3 is 2.88 bits per heavy atom. The van der Waals surface area contributed by atoms with Crippen LogP contribution in [-0.2, 0) is 0 Å². The Morgan fingerprint density at radius 2 is 2.62 bits per heavy atom. The number of nitrogens with zero attached hydrogens (tertiary/aromatic N) is 1. The van der Waals surface area contributed by atoms with Crippen LogP contribution in [0.15, 0.2) is 11.2 Å². The summed E-state index contributed by atoms with van der Waals surface area (Å²) in [6.07, 6.45) is 0.545. The predicted octanol–water partition coefficient (Wildman–Crippen LogP) is -0.425. The van der Waals surface area contributed by atoms with E-state index in [0.717, 1.165) is 5.01 Å². The van der Waals surface area contributed by atoms with Crippen molar-refractivity contribution in [3.63, 3.8) is 0 Å². The van der Waals surface area contributed by atoms with Gasteiger partial charge in [-0.05, 0) is 0 Å². The van der Waals surface area contributed by atoms with Gasteiger partial charge < -0.3 is 0 Å². The van der Waals surface area contributed by atoms with Crippen molar-refractivity contribution in [3.05, 3.63) is 11.2 Å². The van der Waals surface area contributed by atoms with E-state index in [0.29, 0.717) is 0 Å². The molecule has 0 aromatic rings. The topological polar surface area (TPSA) is 52.6 Å². The van der Waals surface area contributed by atoms with Crippen LogP contribution < -0.4 is 4.44 Å². The quantitative estimate of drug-likeness (QED) is 0.496. The van der Waals surface area contributed by atoms with E-state index in [9.17, 15) is 4.79 Å². The van der Waals surface area contributed by atoms with Crippen LogP contribution in [-0.4, -0.2) is 31.4 Å². The van der Waals surface area contributed by atoms with E-state index in [2.05, 4.69) is 4.44 Å². The van der Waals surface area contributed by atoms with Gasteiger partial charge in [0, 0.05) is 0 Å². The maximum absolute atomic E-state index is 10.0. The molecule has 0 bridgehead atoms. The zero-order valence-corrected chi connectivity index (χ0v) is 5.58. The number of hydrogen-bond donors (Lipinski definition) is 2. The Balaban J connectivity index is 2.48. The molecule has 1 aliphatic heterocycles. The summed E-state index contributed by atoms with van der Waals surface area (Å²) >= 11 is 0.137. The standard InChI is InChI=1S/C3H4N2O2Se/c6-3(7)5-1-2-8-4-5/h1-2,4H,(H,6,7). The van der Waals surface area contributed by atoms with Gasteiger partial charge in [-0.1, -0.05) is 0 Å². The second-order valence-electron chi connectivity index (χ2n) is 1.15. The van der Waals surface area contributed by atoms with Crippen molar-refractivity contribution in [3.8, 4) is 0 Å². The maximum atomic E-state index is 10.0. The number of amides is 1. The summed E-state index contributed by atoms with van der Waals surface area (Å²) in [5.74, 6) is 0. The molecule has 0 saturated carbocycles. The van der Waals surface area contributed by atoms with E-state index in [-0.39, 0.29) is 15.2 Å². The van der Waals surface area contributed by atoms with Gasteiger partial charge in [0.1, 0.15) is 0 Å². The molecule has 1 rings (SSSR count). The van der Waals surface area contributed by atoms with Gasteiger partial charge in [0.2, 0.25) is 0 Å². The van der Waals surface area contributed by atoms with E-state index >= 15 is 0 Å². The molecule has 0 fully saturated rings. The average Bonchev–Trinajstić information content (AvgIpc) is 2.12. The van der Waals surface area contributed by atoms with Crippen LogP contribution in [0.1, 0.15) is 0 Å².